The molecule has 1 amide bonds. The molecule has 1 aromatic carbocycles. The topological polar surface area (TPSA) is 50.7 Å². The molecule has 0 radical (unpaired) electrons. The maximum atomic E-state index is 12.1. The van der Waals surface area contributed by atoms with Crippen molar-refractivity contribution in [2.75, 3.05) is 7.11 Å². The highest BCUT2D eigenvalue weighted by Gasteiger charge is 2.18. The maximum absolute atomic E-state index is 12.1. The molecule has 4 nitrogen and oxygen atoms in total. The number of nitrogens with one attached hydrogen (secondary N) is 1. The van der Waals surface area contributed by atoms with Crippen molar-refractivity contribution in [3.05, 3.63) is 53.6 Å². The molecule has 0 fully saturated rings. The van der Waals surface area contributed by atoms with E-state index in [9.17, 15) is 4.79 Å². The molecule has 1 aromatic rings. The van der Waals surface area contributed by atoms with Gasteiger partial charge in [0.25, 0.3) is 5.91 Å². The Bertz CT molecular complexity index is 627. The molecular formula is C18H22N2O2. The molecule has 1 aliphatic rings. The van der Waals surface area contributed by atoms with Crippen molar-refractivity contribution in [2.24, 2.45) is 11.0 Å². The number of carbonyl (C=O) groups is 1. The van der Waals surface area contributed by atoms with E-state index in [2.05, 4.69) is 23.2 Å². The number of hydrazone groups is 1. The zero-order valence-corrected chi connectivity index (χ0v) is 13.3. The molecule has 0 aromatic heterocycles. The van der Waals surface area contributed by atoms with Gasteiger partial charge in [-0.25, -0.2) is 5.43 Å². The molecule has 1 N–H and O–H groups in total. The first kappa shape index (κ1) is 16.0. The van der Waals surface area contributed by atoms with Gasteiger partial charge in [0.15, 0.2) is 0 Å². The second-order valence-electron chi connectivity index (χ2n) is 5.60. The van der Waals surface area contributed by atoms with Crippen LogP contribution in [0.15, 0.2) is 53.2 Å². The summed E-state index contributed by atoms with van der Waals surface area (Å²) in [6.07, 6.45) is 3.97. The second kappa shape index (κ2) is 7.07. The molecule has 0 heterocycles. The summed E-state index contributed by atoms with van der Waals surface area (Å²) in [5, 5.41) is 4.29. The molecule has 116 valence electrons. The number of rotatable bonds is 4. The van der Waals surface area contributed by atoms with Gasteiger partial charge in [0.05, 0.1) is 12.8 Å². The van der Waals surface area contributed by atoms with Crippen LogP contribution < -0.4 is 10.2 Å². The van der Waals surface area contributed by atoms with E-state index >= 15 is 0 Å². The molecule has 0 bridgehead atoms. The van der Waals surface area contributed by atoms with Crippen LogP contribution in [0, 0.1) is 5.92 Å². The van der Waals surface area contributed by atoms with E-state index in [4.69, 9.17) is 4.74 Å². The van der Waals surface area contributed by atoms with Crippen molar-refractivity contribution in [3.63, 3.8) is 0 Å². The summed E-state index contributed by atoms with van der Waals surface area (Å²) in [5.41, 5.74) is 6.38. The molecule has 0 aliphatic heterocycles. The average molecular weight is 298 g/mol. The van der Waals surface area contributed by atoms with E-state index in [1.165, 1.54) is 0 Å². The average Bonchev–Trinajstić information content (AvgIpc) is 2.53. The molecule has 0 spiro atoms. The number of hydrogen-bond donors (Lipinski definition) is 1. The number of nitrogens with zero attached hydrogens (tertiary/aromatic N) is 1. The van der Waals surface area contributed by atoms with Gasteiger partial charge in [0.1, 0.15) is 5.75 Å². The number of allylic oxidation sites excluding steroid dienone is 3. The number of benzene rings is 1. The minimum absolute atomic E-state index is 0.222. The van der Waals surface area contributed by atoms with Crippen LogP contribution in [0.3, 0.4) is 0 Å². The Kier molecular flexibility index (Phi) is 5.15. The van der Waals surface area contributed by atoms with Crippen LogP contribution in [-0.4, -0.2) is 18.7 Å². The minimum atomic E-state index is -0.222. The highest BCUT2D eigenvalue weighted by molar-refractivity contribution is 6.02. The predicted molar refractivity (Wildman–Crippen MR) is 89.2 cm³/mol. The summed E-state index contributed by atoms with van der Waals surface area (Å²) in [6, 6.07) is 6.94. The van der Waals surface area contributed by atoms with Crippen molar-refractivity contribution in [1.29, 1.82) is 0 Å². The number of amides is 1. The molecule has 1 aliphatic carbocycles. The highest BCUT2D eigenvalue weighted by Crippen LogP contribution is 2.26. The summed E-state index contributed by atoms with van der Waals surface area (Å²) in [6.45, 7) is 8.07. The van der Waals surface area contributed by atoms with Crippen LogP contribution in [-0.2, 0) is 0 Å². The minimum Gasteiger partial charge on any atom is -0.497 e. The monoisotopic (exact) mass is 298 g/mol. The van der Waals surface area contributed by atoms with Crippen LogP contribution in [0.5, 0.6) is 5.75 Å². The lowest BCUT2D eigenvalue weighted by molar-refractivity contribution is 0.0954. The summed E-state index contributed by atoms with van der Waals surface area (Å²) in [4.78, 5) is 12.1. The van der Waals surface area contributed by atoms with Crippen LogP contribution >= 0.6 is 0 Å². The summed E-state index contributed by atoms with van der Waals surface area (Å²) in [7, 11) is 1.59. The Morgan fingerprint density at radius 1 is 1.36 bits per heavy atom. The molecule has 4 heteroatoms. The van der Waals surface area contributed by atoms with E-state index in [0.717, 1.165) is 35.4 Å². The number of ether oxygens (including phenoxy) is 1. The largest absolute Gasteiger partial charge is 0.497 e. The molecule has 1 atom stereocenters. The SMILES string of the molecule is C=C(C)C1CC=C(C)C(=NNC(=O)c2ccc(OC)cc2)C1. The van der Waals surface area contributed by atoms with E-state index < -0.39 is 0 Å². The third-order valence-corrected chi connectivity index (χ3v) is 3.95. The third-order valence-electron chi connectivity index (χ3n) is 3.95. The van der Waals surface area contributed by atoms with Gasteiger partial charge in [-0.3, -0.25) is 4.79 Å². The quantitative estimate of drug-likeness (QED) is 0.680. The van der Waals surface area contributed by atoms with Crippen molar-refractivity contribution < 1.29 is 9.53 Å². The van der Waals surface area contributed by atoms with Gasteiger partial charge in [0, 0.05) is 5.56 Å². The zero-order chi connectivity index (χ0) is 16.1. The van der Waals surface area contributed by atoms with Crippen LogP contribution in [0.4, 0.5) is 0 Å². The van der Waals surface area contributed by atoms with Crippen molar-refractivity contribution in [3.8, 4) is 5.75 Å². The van der Waals surface area contributed by atoms with Crippen LogP contribution in [0.25, 0.3) is 0 Å². The Hall–Kier alpha value is -2.36. The van der Waals surface area contributed by atoms with Crippen molar-refractivity contribution >= 4 is 11.6 Å². The predicted octanol–water partition coefficient (Wildman–Crippen LogP) is 3.71. The zero-order valence-electron chi connectivity index (χ0n) is 13.3. The number of carbonyl (C=O) groups excluding carboxylic acids is 1. The fraction of sp³-hybridized carbons (Fsp3) is 0.333. The van der Waals surface area contributed by atoms with Gasteiger partial charge < -0.3 is 4.74 Å². The van der Waals surface area contributed by atoms with Crippen molar-refractivity contribution in [1.82, 2.24) is 5.43 Å². The Labute approximate surface area is 131 Å². The van der Waals surface area contributed by atoms with Gasteiger partial charge >= 0.3 is 0 Å². The smallest absolute Gasteiger partial charge is 0.271 e. The molecule has 0 saturated heterocycles. The van der Waals surface area contributed by atoms with Crippen LogP contribution in [0.2, 0.25) is 0 Å². The second-order valence-corrected chi connectivity index (χ2v) is 5.60. The summed E-state index contributed by atoms with van der Waals surface area (Å²) in [5.74, 6) is 0.902. The van der Waals surface area contributed by atoms with E-state index in [1.54, 1.807) is 31.4 Å². The van der Waals surface area contributed by atoms with Gasteiger partial charge in [-0.1, -0.05) is 18.2 Å². The molecule has 2 rings (SSSR count). The van der Waals surface area contributed by atoms with E-state index in [0.29, 0.717) is 11.5 Å². The number of hydrogen-bond acceptors (Lipinski definition) is 3. The Morgan fingerprint density at radius 2 is 2.05 bits per heavy atom. The lowest BCUT2D eigenvalue weighted by atomic mass is 9.85. The highest BCUT2D eigenvalue weighted by atomic mass is 16.5. The fourth-order valence-corrected chi connectivity index (χ4v) is 2.35. The first-order chi connectivity index (χ1) is 10.5. The first-order valence-corrected chi connectivity index (χ1v) is 7.34. The lowest BCUT2D eigenvalue weighted by Crippen LogP contribution is -2.23. The molecule has 22 heavy (non-hydrogen) atoms. The molecule has 1 unspecified atom stereocenters. The summed E-state index contributed by atoms with van der Waals surface area (Å²) >= 11 is 0. The number of methoxy groups -OCH3 is 1. The van der Waals surface area contributed by atoms with Crippen LogP contribution in [0.1, 0.15) is 37.0 Å². The van der Waals surface area contributed by atoms with Gasteiger partial charge in [-0.15, -0.1) is 0 Å². The Morgan fingerprint density at radius 3 is 2.64 bits per heavy atom. The lowest BCUT2D eigenvalue weighted by Gasteiger charge is -2.22. The van der Waals surface area contributed by atoms with Gasteiger partial charge in [-0.2, -0.15) is 5.10 Å². The Balaban J connectivity index is 2.06. The van der Waals surface area contributed by atoms with Gasteiger partial charge in [-0.05, 0) is 62.4 Å². The normalized spacial score (nSPS) is 19.5. The maximum Gasteiger partial charge on any atom is 0.271 e. The third kappa shape index (κ3) is 3.85. The molecular weight excluding hydrogens is 276 g/mol. The van der Waals surface area contributed by atoms with E-state index in [1.807, 2.05) is 13.8 Å². The summed E-state index contributed by atoms with van der Waals surface area (Å²) < 4.78 is 5.08. The van der Waals surface area contributed by atoms with Crippen molar-refractivity contribution in [2.45, 2.75) is 26.7 Å². The van der Waals surface area contributed by atoms with Gasteiger partial charge in [0.2, 0.25) is 0 Å². The van der Waals surface area contributed by atoms with E-state index in [-0.39, 0.29) is 5.91 Å². The standard InChI is InChI=1S/C18H22N2O2/c1-12(2)15-6-5-13(3)17(11-15)19-20-18(21)14-7-9-16(22-4)10-8-14/h5,7-10,15H,1,6,11H2,2-4H3,(H,20,21). The first-order valence-electron chi connectivity index (χ1n) is 7.34. The molecule has 0 saturated carbocycles. The fourth-order valence-electron chi connectivity index (χ4n) is 2.35.